The Hall–Kier alpha value is -2.87. The van der Waals surface area contributed by atoms with Gasteiger partial charge in [0.15, 0.2) is 6.29 Å². The summed E-state index contributed by atoms with van der Waals surface area (Å²) in [6.45, 7) is 1.94. The lowest BCUT2D eigenvalue weighted by Crippen LogP contribution is -2.52. The normalized spacial score (nSPS) is 22.6. The van der Waals surface area contributed by atoms with Gasteiger partial charge < -0.3 is 10.6 Å². The largest absolute Gasteiger partial charge is 0.335 e. The minimum Gasteiger partial charge on any atom is -0.335 e. The molecule has 2 unspecified atom stereocenters. The number of urea groups is 1. The lowest BCUT2D eigenvalue weighted by molar-refractivity contribution is -0.125. The van der Waals surface area contributed by atoms with Crippen LogP contribution in [0.2, 0.25) is 0 Å². The fourth-order valence-corrected chi connectivity index (χ4v) is 2.99. The zero-order chi connectivity index (χ0) is 18.1. The molecule has 2 fully saturated rings. The van der Waals surface area contributed by atoms with Gasteiger partial charge in [-0.05, 0) is 19.8 Å². The Labute approximate surface area is 151 Å². The summed E-state index contributed by atoms with van der Waals surface area (Å²) in [6.07, 6.45) is 1.92. The molecular formula is C18H22N6O2. The van der Waals surface area contributed by atoms with E-state index in [2.05, 4.69) is 26.4 Å². The van der Waals surface area contributed by atoms with E-state index in [1.807, 2.05) is 43.3 Å². The quantitative estimate of drug-likeness (QED) is 0.672. The molecule has 2 aliphatic rings. The fourth-order valence-electron chi connectivity index (χ4n) is 2.99. The number of hydrogen-bond donors (Lipinski definition) is 4. The van der Waals surface area contributed by atoms with Crippen molar-refractivity contribution in [2.75, 3.05) is 5.32 Å². The maximum Gasteiger partial charge on any atom is 0.320 e. The molecule has 0 radical (unpaired) electrons. The number of carbonyl (C=O) groups excluding carboxylic acids is 2. The molecule has 0 bridgehead atoms. The SMILES string of the molecule is CC1CC(=O)NC(n2nc(-c3ccccc3)cc2NC(=O)NC2CC2)N1. The van der Waals surface area contributed by atoms with Crippen LogP contribution in [0, 0.1) is 0 Å². The van der Waals surface area contributed by atoms with Gasteiger partial charge in [0.05, 0.1) is 5.69 Å². The molecule has 26 heavy (non-hydrogen) atoms. The molecule has 2 heterocycles. The van der Waals surface area contributed by atoms with E-state index < -0.39 is 6.29 Å². The molecule has 1 aliphatic heterocycles. The van der Waals surface area contributed by atoms with Gasteiger partial charge in [0.25, 0.3) is 0 Å². The van der Waals surface area contributed by atoms with Gasteiger partial charge in [-0.2, -0.15) is 5.10 Å². The van der Waals surface area contributed by atoms with Crippen molar-refractivity contribution < 1.29 is 9.59 Å². The second kappa shape index (κ2) is 6.80. The van der Waals surface area contributed by atoms with Crippen LogP contribution in [-0.4, -0.2) is 33.8 Å². The van der Waals surface area contributed by atoms with Gasteiger partial charge >= 0.3 is 6.03 Å². The summed E-state index contributed by atoms with van der Waals surface area (Å²) in [4.78, 5) is 24.1. The first-order valence-electron chi connectivity index (χ1n) is 8.86. The Morgan fingerprint density at radius 1 is 1.27 bits per heavy atom. The van der Waals surface area contributed by atoms with Crippen molar-refractivity contribution in [1.29, 1.82) is 0 Å². The molecule has 2 atom stereocenters. The van der Waals surface area contributed by atoms with Gasteiger partial charge in [0.1, 0.15) is 5.82 Å². The fraction of sp³-hybridized carbons (Fsp3) is 0.389. The van der Waals surface area contributed by atoms with E-state index in [0.717, 1.165) is 24.1 Å². The zero-order valence-corrected chi connectivity index (χ0v) is 14.5. The average Bonchev–Trinajstić information content (AvgIpc) is 3.31. The number of nitrogens with one attached hydrogen (secondary N) is 4. The highest BCUT2D eigenvalue weighted by molar-refractivity contribution is 5.89. The van der Waals surface area contributed by atoms with Crippen molar-refractivity contribution in [2.24, 2.45) is 0 Å². The molecule has 1 saturated carbocycles. The number of carbonyl (C=O) groups is 2. The van der Waals surface area contributed by atoms with Crippen molar-refractivity contribution in [3.8, 4) is 11.3 Å². The smallest absolute Gasteiger partial charge is 0.320 e. The van der Waals surface area contributed by atoms with Crippen LogP contribution in [0.3, 0.4) is 0 Å². The van der Waals surface area contributed by atoms with E-state index in [4.69, 9.17) is 0 Å². The highest BCUT2D eigenvalue weighted by atomic mass is 16.2. The van der Waals surface area contributed by atoms with Crippen LogP contribution in [-0.2, 0) is 4.79 Å². The summed E-state index contributed by atoms with van der Waals surface area (Å²) in [6, 6.07) is 11.5. The molecule has 3 amide bonds. The number of rotatable bonds is 4. The van der Waals surface area contributed by atoms with Crippen molar-refractivity contribution in [3.05, 3.63) is 36.4 Å². The van der Waals surface area contributed by atoms with Crippen molar-refractivity contribution in [1.82, 2.24) is 25.7 Å². The third-order valence-corrected chi connectivity index (χ3v) is 4.44. The maximum absolute atomic E-state index is 12.2. The topological polar surface area (TPSA) is 100 Å². The van der Waals surface area contributed by atoms with Crippen molar-refractivity contribution in [3.63, 3.8) is 0 Å². The van der Waals surface area contributed by atoms with E-state index in [1.54, 1.807) is 4.68 Å². The average molecular weight is 354 g/mol. The number of nitrogens with zero attached hydrogens (tertiary/aromatic N) is 2. The maximum atomic E-state index is 12.2. The molecule has 8 nitrogen and oxygen atoms in total. The first-order chi connectivity index (χ1) is 12.6. The number of amides is 3. The van der Waals surface area contributed by atoms with Crippen molar-refractivity contribution in [2.45, 2.75) is 44.6 Å². The molecule has 8 heteroatoms. The lowest BCUT2D eigenvalue weighted by atomic mass is 10.2. The van der Waals surface area contributed by atoms with Crippen LogP contribution in [0.15, 0.2) is 36.4 Å². The number of hydrogen-bond acceptors (Lipinski definition) is 4. The highest BCUT2D eigenvalue weighted by Crippen LogP contribution is 2.25. The van der Waals surface area contributed by atoms with Gasteiger partial charge in [-0.25, -0.2) is 9.48 Å². The Morgan fingerprint density at radius 3 is 2.73 bits per heavy atom. The van der Waals surface area contributed by atoms with Gasteiger partial charge in [0.2, 0.25) is 5.91 Å². The zero-order valence-electron chi connectivity index (χ0n) is 14.5. The molecule has 1 aromatic heterocycles. The minimum absolute atomic E-state index is 0.0197. The number of benzene rings is 1. The molecular weight excluding hydrogens is 332 g/mol. The molecule has 136 valence electrons. The molecule has 2 aromatic rings. The number of anilines is 1. The van der Waals surface area contributed by atoms with E-state index in [0.29, 0.717) is 12.2 Å². The van der Waals surface area contributed by atoms with E-state index in [1.165, 1.54) is 0 Å². The Kier molecular flexibility index (Phi) is 4.34. The second-order valence-electron chi connectivity index (χ2n) is 6.84. The van der Waals surface area contributed by atoms with Crippen LogP contribution >= 0.6 is 0 Å². The standard InChI is InChI=1S/C18H22N6O2/c1-11-9-16(25)22-17(19-11)24-15(21-18(26)20-13-7-8-13)10-14(23-24)12-5-3-2-4-6-12/h2-6,10-11,13,17,19H,7-9H2,1H3,(H,22,25)(H2,20,21,26). The van der Waals surface area contributed by atoms with Gasteiger partial charge in [0, 0.05) is 30.1 Å². The summed E-state index contributed by atoms with van der Waals surface area (Å²) in [7, 11) is 0. The van der Waals surface area contributed by atoms with E-state index in [-0.39, 0.29) is 24.0 Å². The number of aromatic nitrogens is 2. The molecule has 4 N–H and O–H groups in total. The predicted octanol–water partition coefficient (Wildman–Crippen LogP) is 1.79. The summed E-state index contributed by atoms with van der Waals surface area (Å²) in [5.41, 5.74) is 1.66. The molecule has 1 aliphatic carbocycles. The van der Waals surface area contributed by atoms with E-state index >= 15 is 0 Å². The van der Waals surface area contributed by atoms with E-state index in [9.17, 15) is 9.59 Å². The minimum atomic E-state index is -0.514. The highest BCUT2D eigenvalue weighted by Gasteiger charge is 2.28. The lowest BCUT2D eigenvalue weighted by Gasteiger charge is -2.30. The third kappa shape index (κ3) is 3.70. The van der Waals surface area contributed by atoms with Gasteiger partial charge in [-0.1, -0.05) is 30.3 Å². The summed E-state index contributed by atoms with van der Waals surface area (Å²) >= 11 is 0. The van der Waals surface area contributed by atoms with Gasteiger partial charge in [-0.15, -0.1) is 0 Å². The molecule has 1 saturated heterocycles. The van der Waals surface area contributed by atoms with Crippen LogP contribution < -0.4 is 21.3 Å². The van der Waals surface area contributed by atoms with Crippen molar-refractivity contribution >= 4 is 17.8 Å². The first kappa shape index (κ1) is 16.6. The summed E-state index contributed by atoms with van der Waals surface area (Å²) in [5.74, 6) is 0.472. The Morgan fingerprint density at radius 2 is 2.04 bits per heavy atom. The molecule has 1 aromatic carbocycles. The van der Waals surface area contributed by atoms with Crippen LogP contribution in [0.25, 0.3) is 11.3 Å². The predicted molar refractivity (Wildman–Crippen MR) is 97.2 cm³/mol. The van der Waals surface area contributed by atoms with Crippen LogP contribution in [0.5, 0.6) is 0 Å². The second-order valence-corrected chi connectivity index (χ2v) is 6.84. The molecule has 4 rings (SSSR count). The Balaban J connectivity index is 1.64. The van der Waals surface area contributed by atoms with Crippen LogP contribution in [0.4, 0.5) is 10.6 Å². The molecule has 0 spiro atoms. The summed E-state index contributed by atoms with van der Waals surface area (Å²) in [5, 5.41) is 16.5. The summed E-state index contributed by atoms with van der Waals surface area (Å²) < 4.78 is 1.61. The van der Waals surface area contributed by atoms with Crippen LogP contribution in [0.1, 0.15) is 32.5 Å². The first-order valence-corrected chi connectivity index (χ1v) is 8.86. The monoisotopic (exact) mass is 354 g/mol. The Bertz CT molecular complexity index is 814. The van der Waals surface area contributed by atoms with Gasteiger partial charge in [-0.3, -0.25) is 15.4 Å². The third-order valence-electron chi connectivity index (χ3n) is 4.44.